The summed E-state index contributed by atoms with van der Waals surface area (Å²) in [5, 5.41) is 11.9. The number of amides is 1. The molecule has 8 nitrogen and oxygen atoms in total. The molecule has 196 valence electrons. The highest BCUT2D eigenvalue weighted by atomic mass is 35.5. The lowest BCUT2D eigenvalue weighted by molar-refractivity contribution is -0.132. The molecule has 0 spiro atoms. The van der Waals surface area contributed by atoms with Gasteiger partial charge < -0.3 is 9.84 Å². The summed E-state index contributed by atoms with van der Waals surface area (Å²) in [5.74, 6) is -2.28. The van der Waals surface area contributed by atoms with Crippen LogP contribution in [-0.4, -0.2) is 55.8 Å². The van der Waals surface area contributed by atoms with Crippen molar-refractivity contribution < 1.29 is 27.9 Å². The van der Waals surface area contributed by atoms with Gasteiger partial charge in [-0.15, -0.1) is 0 Å². The van der Waals surface area contributed by atoms with E-state index in [4.69, 9.17) is 27.9 Å². The number of ether oxygens (including phenoxy) is 1. The van der Waals surface area contributed by atoms with Gasteiger partial charge in [-0.1, -0.05) is 53.5 Å². The largest absolute Gasteiger partial charge is 0.507 e. The Morgan fingerprint density at radius 3 is 2.29 bits per heavy atom. The Kier molecular flexibility index (Phi) is 7.30. The molecule has 0 aromatic heterocycles. The summed E-state index contributed by atoms with van der Waals surface area (Å²) >= 11 is 12.4. The number of carbonyl (C=O) groups excluding carboxylic acids is 2. The average molecular weight is 573 g/mol. The minimum absolute atomic E-state index is 0.0280. The van der Waals surface area contributed by atoms with Crippen molar-refractivity contribution >= 4 is 56.4 Å². The van der Waals surface area contributed by atoms with Crippen LogP contribution in [0.3, 0.4) is 0 Å². The van der Waals surface area contributed by atoms with E-state index in [1.807, 2.05) is 0 Å². The molecule has 3 aromatic rings. The van der Waals surface area contributed by atoms with E-state index in [2.05, 4.69) is 0 Å². The minimum atomic E-state index is -3.88. The monoisotopic (exact) mass is 572 g/mol. The fraction of sp³-hybridized carbons (Fsp3) is 0.185. The minimum Gasteiger partial charge on any atom is -0.507 e. The third kappa shape index (κ3) is 4.72. The van der Waals surface area contributed by atoms with Gasteiger partial charge in [0, 0.05) is 29.4 Å². The molecule has 2 aliphatic rings. The average Bonchev–Trinajstić information content (AvgIpc) is 3.19. The van der Waals surface area contributed by atoms with E-state index < -0.39 is 33.5 Å². The number of nitrogens with zero attached hydrogens (tertiary/aromatic N) is 2. The molecule has 11 heteroatoms. The van der Waals surface area contributed by atoms with Crippen LogP contribution in [0.25, 0.3) is 5.76 Å². The summed E-state index contributed by atoms with van der Waals surface area (Å²) in [6, 6.07) is 17.7. The van der Waals surface area contributed by atoms with Gasteiger partial charge in [0.2, 0.25) is 10.0 Å². The fourth-order valence-corrected chi connectivity index (χ4v) is 6.39. The third-order valence-corrected chi connectivity index (χ3v) is 8.94. The number of Topliss-reactive ketones (excluding diaryl/α,β-unsaturated/α-hetero) is 1. The second-order valence-electron chi connectivity index (χ2n) is 8.71. The van der Waals surface area contributed by atoms with Gasteiger partial charge in [0.15, 0.2) is 0 Å². The van der Waals surface area contributed by atoms with Gasteiger partial charge in [-0.05, 0) is 48.0 Å². The van der Waals surface area contributed by atoms with Gasteiger partial charge in [-0.2, -0.15) is 4.31 Å². The van der Waals surface area contributed by atoms with Gasteiger partial charge in [0.1, 0.15) is 5.76 Å². The van der Waals surface area contributed by atoms with E-state index in [1.165, 1.54) is 27.4 Å². The van der Waals surface area contributed by atoms with Crippen LogP contribution >= 0.6 is 23.2 Å². The Labute approximate surface area is 229 Å². The third-order valence-electron chi connectivity index (χ3n) is 6.46. The predicted molar refractivity (Wildman–Crippen MR) is 144 cm³/mol. The summed E-state index contributed by atoms with van der Waals surface area (Å²) in [6.45, 7) is 0.984. The van der Waals surface area contributed by atoms with Gasteiger partial charge in [0.05, 0.1) is 34.7 Å². The van der Waals surface area contributed by atoms with Crippen molar-refractivity contribution in [1.29, 1.82) is 0 Å². The molecular formula is C27H22Cl2N2O6S. The standard InChI is InChI=1S/C27H22Cl2N2O6S/c28-18-10-8-17(9-11-18)24-23(25(32)21-6-1-2-7-22(21)29)26(33)27(34)31(24)19-4-3-5-20(16-19)38(35,36)30-12-14-37-15-13-30/h1-11,16,24,32H,12-15H2. The molecule has 2 saturated heterocycles. The Balaban J connectivity index is 1.67. The second kappa shape index (κ2) is 10.5. The van der Waals surface area contributed by atoms with Crippen LogP contribution in [0.2, 0.25) is 10.0 Å². The van der Waals surface area contributed by atoms with Crippen molar-refractivity contribution in [1.82, 2.24) is 4.31 Å². The van der Waals surface area contributed by atoms with E-state index in [1.54, 1.807) is 54.6 Å². The van der Waals surface area contributed by atoms with Crippen molar-refractivity contribution in [3.8, 4) is 0 Å². The highest BCUT2D eigenvalue weighted by molar-refractivity contribution is 7.89. The van der Waals surface area contributed by atoms with E-state index in [-0.39, 0.29) is 53.0 Å². The zero-order chi connectivity index (χ0) is 27.0. The van der Waals surface area contributed by atoms with Gasteiger partial charge in [-0.3, -0.25) is 14.5 Å². The molecule has 1 N–H and O–H groups in total. The number of aliphatic hydroxyl groups excluding tert-OH is 1. The lowest BCUT2D eigenvalue weighted by Gasteiger charge is -2.28. The SMILES string of the molecule is O=C1C(=O)N(c2cccc(S(=O)(=O)N3CCOCC3)c2)C(c2ccc(Cl)cc2)C1=C(O)c1ccccc1Cl. The second-order valence-corrected chi connectivity index (χ2v) is 11.5. The molecule has 0 bridgehead atoms. The maximum absolute atomic E-state index is 13.4. The molecule has 0 saturated carbocycles. The molecule has 0 radical (unpaired) electrons. The molecular weight excluding hydrogens is 551 g/mol. The molecule has 2 fully saturated rings. The molecule has 1 amide bonds. The molecule has 0 aliphatic carbocycles. The summed E-state index contributed by atoms with van der Waals surface area (Å²) in [4.78, 5) is 28.0. The highest BCUT2D eigenvalue weighted by Crippen LogP contribution is 2.43. The fourth-order valence-electron chi connectivity index (χ4n) is 4.59. The maximum Gasteiger partial charge on any atom is 0.300 e. The number of carbonyl (C=O) groups is 2. The van der Waals surface area contributed by atoms with Crippen molar-refractivity contribution in [2.75, 3.05) is 31.2 Å². The van der Waals surface area contributed by atoms with Crippen LogP contribution in [0.5, 0.6) is 0 Å². The number of morpholine rings is 1. The molecule has 1 atom stereocenters. The molecule has 5 rings (SSSR count). The van der Waals surface area contributed by atoms with Crippen molar-refractivity contribution in [3.05, 3.63) is 99.5 Å². The Morgan fingerprint density at radius 2 is 1.61 bits per heavy atom. The Bertz CT molecular complexity index is 1550. The van der Waals surface area contributed by atoms with Gasteiger partial charge in [-0.25, -0.2) is 8.42 Å². The number of anilines is 1. The lowest BCUT2D eigenvalue weighted by atomic mass is 9.95. The number of rotatable bonds is 5. The zero-order valence-corrected chi connectivity index (χ0v) is 22.2. The summed E-state index contributed by atoms with van der Waals surface area (Å²) in [5.41, 5.74) is 0.685. The first-order valence-electron chi connectivity index (χ1n) is 11.7. The van der Waals surface area contributed by atoms with Gasteiger partial charge >= 0.3 is 0 Å². The van der Waals surface area contributed by atoms with E-state index >= 15 is 0 Å². The van der Waals surface area contributed by atoms with Crippen LogP contribution in [-0.2, 0) is 24.3 Å². The lowest BCUT2D eigenvalue weighted by Crippen LogP contribution is -2.40. The first-order valence-corrected chi connectivity index (χ1v) is 13.9. The Hall–Kier alpha value is -3.21. The van der Waals surface area contributed by atoms with Crippen LogP contribution in [0.1, 0.15) is 17.2 Å². The quantitative estimate of drug-likeness (QED) is 0.271. The van der Waals surface area contributed by atoms with Crippen LogP contribution in [0.15, 0.2) is 83.3 Å². The number of ketones is 1. The number of halogens is 2. The van der Waals surface area contributed by atoms with E-state index in [0.717, 1.165) is 0 Å². The number of sulfonamides is 1. The number of hydrogen-bond acceptors (Lipinski definition) is 6. The smallest absolute Gasteiger partial charge is 0.300 e. The highest BCUT2D eigenvalue weighted by Gasteiger charge is 2.47. The maximum atomic E-state index is 13.4. The molecule has 1 unspecified atom stereocenters. The van der Waals surface area contributed by atoms with Crippen LogP contribution in [0.4, 0.5) is 5.69 Å². The van der Waals surface area contributed by atoms with E-state index in [0.29, 0.717) is 10.6 Å². The van der Waals surface area contributed by atoms with Gasteiger partial charge in [0.25, 0.3) is 11.7 Å². The summed E-state index contributed by atoms with van der Waals surface area (Å²) in [7, 11) is -3.88. The van der Waals surface area contributed by atoms with Crippen molar-refractivity contribution in [2.45, 2.75) is 10.9 Å². The molecule has 2 aliphatic heterocycles. The topological polar surface area (TPSA) is 104 Å². The first kappa shape index (κ1) is 26.4. The van der Waals surface area contributed by atoms with Crippen LogP contribution < -0.4 is 4.90 Å². The molecule has 2 heterocycles. The van der Waals surface area contributed by atoms with E-state index in [9.17, 15) is 23.1 Å². The predicted octanol–water partition coefficient (Wildman–Crippen LogP) is 4.64. The number of aliphatic hydroxyl groups is 1. The summed E-state index contributed by atoms with van der Waals surface area (Å²) in [6.07, 6.45) is 0. The first-order chi connectivity index (χ1) is 18.2. The molecule has 38 heavy (non-hydrogen) atoms. The van der Waals surface area contributed by atoms with Crippen molar-refractivity contribution in [2.24, 2.45) is 0 Å². The molecule has 3 aromatic carbocycles. The normalized spacial score (nSPS) is 20.2. The van der Waals surface area contributed by atoms with Crippen LogP contribution in [0, 0.1) is 0 Å². The number of hydrogen-bond donors (Lipinski definition) is 1. The Morgan fingerprint density at radius 1 is 0.921 bits per heavy atom. The zero-order valence-electron chi connectivity index (χ0n) is 19.9. The number of benzene rings is 3. The van der Waals surface area contributed by atoms with Crippen molar-refractivity contribution in [3.63, 3.8) is 0 Å². The summed E-state index contributed by atoms with van der Waals surface area (Å²) < 4.78 is 33.2.